The van der Waals surface area contributed by atoms with Gasteiger partial charge in [-0.2, -0.15) is 0 Å². The molecule has 4 rings (SSSR count). The summed E-state index contributed by atoms with van der Waals surface area (Å²) in [6.45, 7) is 9.73. The number of methoxy groups -OCH3 is 1. The van der Waals surface area contributed by atoms with Gasteiger partial charge in [0.05, 0.1) is 32.3 Å². The number of benzene rings is 3. The van der Waals surface area contributed by atoms with Crippen LogP contribution in [0.25, 0.3) is 11.1 Å². The first kappa shape index (κ1) is 30.8. The number of hydrogen-bond donors (Lipinski definition) is 0. The Kier molecular flexibility index (Phi) is 10.1. The molecule has 0 spiro atoms. The minimum Gasteiger partial charge on any atom is -0.494 e. The summed E-state index contributed by atoms with van der Waals surface area (Å²) >= 11 is 0. The van der Waals surface area contributed by atoms with Gasteiger partial charge in [0.15, 0.2) is 0 Å². The fourth-order valence-corrected chi connectivity index (χ4v) is 4.56. The number of carbonyl (C=O) groups excluding carboxylic acids is 4. The molecule has 1 unspecified atom stereocenters. The summed E-state index contributed by atoms with van der Waals surface area (Å²) in [4.78, 5) is 47.8. The van der Waals surface area contributed by atoms with Gasteiger partial charge in [-0.25, -0.2) is 14.4 Å². The molecule has 0 bridgehead atoms. The highest BCUT2D eigenvalue weighted by Gasteiger charge is 2.28. The molecule has 0 aliphatic heterocycles. The van der Waals surface area contributed by atoms with Crippen molar-refractivity contribution >= 4 is 23.9 Å². The molecule has 3 aromatic carbocycles. The van der Waals surface area contributed by atoms with E-state index >= 15 is 0 Å². The zero-order valence-corrected chi connectivity index (χ0v) is 24.1. The highest BCUT2D eigenvalue weighted by atomic mass is 16.5. The van der Waals surface area contributed by atoms with Crippen molar-refractivity contribution in [3.63, 3.8) is 0 Å². The van der Waals surface area contributed by atoms with Crippen LogP contribution in [0.3, 0.4) is 0 Å². The molecule has 0 saturated heterocycles. The van der Waals surface area contributed by atoms with Crippen molar-refractivity contribution in [2.45, 2.75) is 32.1 Å². The molecule has 1 aliphatic carbocycles. The van der Waals surface area contributed by atoms with Gasteiger partial charge in [0, 0.05) is 17.6 Å². The van der Waals surface area contributed by atoms with Crippen molar-refractivity contribution in [2.24, 2.45) is 0 Å². The number of esters is 4. The third kappa shape index (κ3) is 7.77. The molecular weight excluding hydrogens is 552 g/mol. The molecule has 0 fully saturated rings. The maximum absolute atomic E-state index is 13.0. The van der Waals surface area contributed by atoms with Crippen LogP contribution in [0.1, 0.15) is 53.6 Å². The largest absolute Gasteiger partial charge is 0.494 e. The lowest BCUT2D eigenvalue weighted by molar-refractivity contribution is -0.141. The van der Waals surface area contributed by atoms with E-state index in [9.17, 15) is 19.2 Å². The highest BCUT2D eigenvalue weighted by molar-refractivity contribution is 5.95. The predicted octanol–water partition coefficient (Wildman–Crippen LogP) is 5.95. The summed E-state index contributed by atoms with van der Waals surface area (Å²) in [6, 6.07) is 17.5. The van der Waals surface area contributed by atoms with Gasteiger partial charge in [-0.15, -0.1) is 0 Å². The van der Waals surface area contributed by atoms with Gasteiger partial charge < -0.3 is 23.7 Å². The van der Waals surface area contributed by atoms with Crippen LogP contribution in [0.4, 0.5) is 0 Å². The van der Waals surface area contributed by atoms with Crippen LogP contribution in [0.15, 0.2) is 85.5 Å². The summed E-state index contributed by atoms with van der Waals surface area (Å²) in [5.41, 5.74) is 4.25. The van der Waals surface area contributed by atoms with Gasteiger partial charge in [0.1, 0.15) is 17.2 Å². The van der Waals surface area contributed by atoms with Crippen LogP contribution < -0.4 is 14.2 Å². The Morgan fingerprint density at radius 1 is 0.814 bits per heavy atom. The number of fused-ring (bicyclic) bond motifs is 3. The number of carbonyl (C=O) groups is 4. The minimum absolute atomic E-state index is 0.00491. The molecule has 0 amide bonds. The van der Waals surface area contributed by atoms with Crippen LogP contribution in [0.2, 0.25) is 0 Å². The first-order valence-corrected chi connectivity index (χ1v) is 13.7. The zero-order valence-electron chi connectivity index (χ0n) is 24.1. The maximum atomic E-state index is 13.0. The first-order valence-electron chi connectivity index (χ1n) is 13.7. The molecule has 0 heterocycles. The molecule has 1 aliphatic rings. The lowest BCUT2D eigenvalue weighted by Gasteiger charge is -2.11. The van der Waals surface area contributed by atoms with Crippen LogP contribution in [-0.2, 0) is 23.9 Å². The van der Waals surface area contributed by atoms with Gasteiger partial charge >= 0.3 is 23.9 Å². The molecule has 0 radical (unpaired) electrons. The van der Waals surface area contributed by atoms with Gasteiger partial charge in [-0.1, -0.05) is 32.2 Å². The van der Waals surface area contributed by atoms with Crippen molar-refractivity contribution in [2.75, 3.05) is 20.3 Å². The summed E-state index contributed by atoms with van der Waals surface area (Å²) < 4.78 is 26.2. The lowest BCUT2D eigenvalue weighted by Crippen LogP contribution is -2.14. The Bertz CT molecular complexity index is 1550. The molecule has 9 nitrogen and oxygen atoms in total. The smallest absolute Gasteiger partial charge is 0.343 e. The standard InChI is InChI=1S/C34H32O9/c1-5-31(35)41-17-7-6-16-40-24-9-11-25(12-10-24)42-34(38)23-8-14-27-28-15-13-26(20-30(28)22(3)29(27)19-23)43-33(37)21(2)18-32(36)39-4/h5,8-15,19-20,22H,1-2,6-7,16-18H2,3-4H3. The molecule has 9 heteroatoms. The van der Waals surface area contributed by atoms with E-state index in [1.807, 2.05) is 25.1 Å². The third-order valence-corrected chi connectivity index (χ3v) is 6.87. The number of hydrogen-bond acceptors (Lipinski definition) is 9. The Morgan fingerprint density at radius 3 is 2.14 bits per heavy atom. The number of unbranched alkanes of at least 4 members (excludes halogenated alkanes) is 1. The van der Waals surface area contributed by atoms with E-state index < -0.39 is 23.9 Å². The zero-order chi connectivity index (χ0) is 30.9. The number of rotatable bonds is 13. The second-order valence-corrected chi connectivity index (χ2v) is 9.81. The van der Waals surface area contributed by atoms with E-state index in [0.29, 0.717) is 48.9 Å². The quantitative estimate of drug-likeness (QED) is 0.104. The Balaban J connectivity index is 1.33. The molecule has 0 saturated carbocycles. The van der Waals surface area contributed by atoms with Crippen molar-refractivity contribution in [1.29, 1.82) is 0 Å². The summed E-state index contributed by atoms with van der Waals surface area (Å²) in [6.07, 6.45) is 2.25. The van der Waals surface area contributed by atoms with E-state index in [4.69, 9.17) is 18.9 Å². The van der Waals surface area contributed by atoms with Crippen molar-refractivity contribution < 1.29 is 42.9 Å². The van der Waals surface area contributed by atoms with Gasteiger partial charge in [0.2, 0.25) is 0 Å². The maximum Gasteiger partial charge on any atom is 0.343 e. The Labute approximate surface area is 249 Å². The summed E-state index contributed by atoms with van der Waals surface area (Å²) in [5.74, 6) is -0.947. The van der Waals surface area contributed by atoms with Crippen molar-refractivity contribution in [1.82, 2.24) is 0 Å². The third-order valence-electron chi connectivity index (χ3n) is 6.87. The molecule has 222 valence electrons. The minimum atomic E-state index is -0.707. The van der Waals surface area contributed by atoms with Crippen molar-refractivity contribution in [3.05, 3.63) is 102 Å². The normalized spacial score (nSPS) is 12.7. The monoisotopic (exact) mass is 584 g/mol. The Hall–Kier alpha value is -5.18. The predicted molar refractivity (Wildman–Crippen MR) is 158 cm³/mol. The SMILES string of the molecule is C=CC(=O)OCCCCOc1ccc(OC(=O)c2ccc3c(c2)C(C)c2cc(OC(=O)C(=C)CC(=O)OC)ccc2-3)cc1. The van der Waals surface area contributed by atoms with Gasteiger partial charge in [-0.3, -0.25) is 4.79 Å². The van der Waals surface area contributed by atoms with Crippen LogP contribution >= 0.6 is 0 Å². The van der Waals surface area contributed by atoms with Crippen LogP contribution in [-0.4, -0.2) is 44.2 Å². The topological polar surface area (TPSA) is 114 Å². The van der Waals surface area contributed by atoms with Gasteiger partial charge in [0.25, 0.3) is 0 Å². The highest BCUT2D eigenvalue weighted by Crippen LogP contribution is 2.46. The molecule has 0 N–H and O–H groups in total. The molecular formula is C34H32O9. The second-order valence-electron chi connectivity index (χ2n) is 9.81. The first-order chi connectivity index (χ1) is 20.7. The van der Waals surface area contributed by atoms with E-state index in [1.54, 1.807) is 42.5 Å². The lowest BCUT2D eigenvalue weighted by atomic mass is 9.98. The Morgan fingerprint density at radius 2 is 1.44 bits per heavy atom. The van der Waals surface area contributed by atoms with Crippen LogP contribution in [0.5, 0.6) is 17.2 Å². The fourth-order valence-electron chi connectivity index (χ4n) is 4.56. The molecule has 3 aromatic rings. The van der Waals surface area contributed by atoms with E-state index in [1.165, 1.54) is 7.11 Å². The molecule has 0 aromatic heterocycles. The summed E-state index contributed by atoms with van der Waals surface area (Å²) in [7, 11) is 1.24. The number of ether oxygens (including phenoxy) is 5. The average molecular weight is 585 g/mol. The molecule has 1 atom stereocenters. The van der Waals surface area contributed by atoms with E-state index in [2.05, 4.69) is 17.9 Å². The van der Waals surface area contributed by atoms with Gasteiger partial charge in [-0.05, 0) is 83.6 Å². The second kappa shape index (κ2) is 14.1. The molecule has 43 heavy (non-hydrogen) atoms. The van der Waals surface area contributed by atoms with E-state index in [0.717, 1.165) is 28.3 Å². The average Bonchev–Trinajstić information content (AvgIpc) is 3.29. The van der Waals surface area contributed by atoms with E-state index in [-0.39, 0.29) is 17.9 Å². The summed E-state index contributed by atoms with van der Waals surface area (Å²) in [5, 5.41) is 0. The van der Waals surface area contributed by atoms with Crippen LogP contribution in [0, 0.1) is 0 Å². The fraction of sp³-hybridized carbons (Fsp3) is 0.235. The van der Waals surface area contributed by atoms with Crippen molar-refractivity contribution in [3.8, 4) is 28.4 Å².